The first-order valence-corrected chi connectivity index (χ1v) is 18.8. The summed E-state index contributed by atoms with van der Waals surface area (Å²) in [5.41, 5.74) is 16.7. The molecule has 1 aliphatic rings. The van der Waals surface area contributed by atoms with E-state index in [4.69, 9.17) is 16.0 Å². The molecule has 0 unspecified atom stereocenters. The van der Waals surface area contributed by atoms with Crippen molar-refractivity contribution in [2.45, 2.75) is 19.3 Å². The van der Waals surface area contributed by atoms with E-state index in [0.717, 1.165) is 60.7 Å². The van der Waals surface area contributed by atoms with Crippen LogP contribution in [0.3, 0.4) is 0 Å². The van der Waals surface area contributed by atoms with E-state index in [9.17, 15) is 0 Å². The van der Waals surface area contributed by atoms with E-state index in [1.165, 1.54) is 38.9 Å². The van der Waals surface area contributed by atoms with Crippen molar-refractivity contribution in [1.29, 1.82) is 0 Å². The molecule has 54 heavy (non-hydrogen) atoms. The molecule has 258 valence electrons. The van der Waals surface area contributed by atoms with Crippen molar-refractivity contribution in [3.8, 4) is 44.5 Å². The fourth-order valence-corrected chi connectivity index (χ4v) is 8.60. The number of hydrogen-bond donors (Lipinski definition) is 0. The number of hydrogen-bond acceptors (Lipinski definition) is 2. The largest absolute Gasteiger partial charge is 0.456 e. The molecule has 0 amide bonds. The van der Waals surface area contributed by atoms with Gasteiger partial charge in [-0.1, -0.05) is 141 Å². The van der Waals surface area contributed by atoms with Gasteiger partial charge in [-0.15, -0.1) is 0 Å². The van der Waals surface area contributed by atoms with Crippen LogP contribution in [0.2, 0.25) is 5.02 Å². The van der Waals surface area contributed by atoms with Gasteiger partial charge >= 0.3 is 0 Å². The molecule has 1 aromatic heterocycles. The zero-order chi connectivity index (χ0) is 36.4. The highest BCUT2D eigenvalue weighted by Crippen LogP contribution is 2.51. The Balaban J connectivity index is 1.06. The molecule has 0 spiro atoms. The predicted molar refractivity (Wildman–Crippen MR) is 227 cm³/mol. The topological polar surface area (TPSA) is 16.4 Å². The van der Waals surface area contributed by atoms with Gasteiger partial charge in [-0.25, -0.2) is 0 Å². The Morgan fingerprint density at radius 3 is 1.61 bits per heavy atom. The van der Waals surface area contributed by atoms with Crippen molar-refractivity contribution >= 4 is 50.6 Å². The number of halogens is 1. The van der Waals surface area contributed by atoms with Gasteiger partial charge in [-0.3, -0.25) is 0 Å². The second-order valence-corrected chi connectivity index (χ2v) is 15.1. The first-order chi connectivity index (χ1) is 26.4. The fraction of sp³-hybridized carbons (Fsp3) is 0.0588. The third kappa shape index (κ3) is 5.33. The Kier molecular flexibility index (Phi) is 7.57. The van der Waals surface area contributed by atoms with Gasteiger partial charge in [0.2, 0.25) is 0 Å². The summed E-state index contributed by atoms with van der Waals surface area (Å²) in [7, 11) is 0. The van der Waals surface area contributed by atoms with Crippen molar-refractivity contribution in [2.75, 3.05) is 4.90 Å². The molecule has 0 aliphatic heterocycles. The van der Waals surface area contributed by atoms with Gasteiger partial charge in [0, 0.05) is 49.9 Å². The summed E-state index contributed by atoms with van der Waals surface area (Å²) >= 11 is 7.07. The van der Waals surface area contributed by atoms with Crippen LogP contribution in [0.15, 0.2) is 186 Å². The molecule has 3 heteroatoms. The van der Waals surface area contributed by atoms with E-state index >= 15 is 0 Å². The zero-order valence-electron chi connectivity index (χ0n) is 30.1. The lowest BCUT2D eigenvalue weighted by Crippen LogP contribution is -2.15. The minimum Gasteiger partial charge on any atom is -0.456 e. The highest BCUT2D eigenvalue weighted by atomic mass is 35.5. The molecule has 0 saturated carbocycles. The summed E-state index contributed by atoms with van der Waals surface area (Å²) in [6, 6.07) is 64.7. The molecule has 0 saturated heterocycles. The highest BCUT2D eigenvalue weighted by molar-refractivity contribution is 6.33. The van der Waals surface area contributed by atoms with Crippen molar-refractivity contribution < 1.29 is 4.42 Å². The summed E-state index contributed by atoms with van der Waals surface area (Å²) in [4.78, 5) is 2.30. The predicted octanol–water partition coefficient (Wildman–Crippen LogP) is 15.0. The molecule has 0 radical (unpaired) electrons. The first kappa shape index (κ1) is 32.3. The summed E-state index contributed by atoms with van der Waals surface area (Å²) in [6.45, 7) is 4.61. The Morgan fingerprint density at radius 2 is 0.926 bits per heavy atom. The molecule has 1 aliphatic carbocycles. The lowest BCUT2D eigenvalue weighted by Gasteiger charge is -2.26. The molecular formula is C51H36ClNO. The zero-order valence-corrected chi connectivity index (χ0v) is 30.8. The van der Waals surface area contributed by atoms with E-state index in [0.29, 0.717) is 0 Å². The molecule has 0 N–H and O–H groups in total. The van der Waals surface area contributed by atoms with Crippen LogP contribution in [0.25, 0.3) is 66.4 Å². The van der Waals surface area contributed by atoms with Crippen LogP contribution in [-0.2, 0) is 5.41 Å². The summed E-state index contributed by atoms with van der Waals surface area (Å²) in [6.07, 6.45) is 0. The van der Waals surface area contributed by atoms with E-state index in [2.05, 4.69) is 195 Å². The molecule has 8 aromatic carbocycles. The number of nitrogens with zero attached hydrogens (tertiary/aromatic N) is 1. The molecule has 10 rings (SSSR count). The van der Waals surface area contributed by atoms with Gasteiger partial charge in [0.15, 0.2) is 0 Å². The van der Waals surface area contributed by atoms with Crippen LogP contribution in [-0.4, -0.2) is 0 Å². The average Bonchev–Trinajstić information content (AvgIpc) is 3.69. The SMILES string of the molecule is CC1(C)c2ccccc2-c2cc(Cl)c(-c3ccc(N(c4ccc(-c5ccccc5)cc4)c4ccc5c(c4)oc4cc(-c6ccccc6)ccc45)cc3)cc21. The maximum atomic E-state index is 7.07. The van der Waals surface area contributed by atoms with Gasteiger partial charge < -0.3 is 9.32 Å². The average molecular weight is 714 g/mol. The van der Waals surface area contributed by atoms with Crippen LogP contribution in [0, 0.1) is 0 Å². The lowest BCUT2D eigenvalue weighted by molar-refractivity contribution is 0.660. The van der Waals surface area contributed by atoms with E-state index < -0.39 is 0 Å². The maximum absolute atomic E-state index is 7.07. The number of anilines is 3. The molecule has 0 atom stereocenters. The number of fused-ring (bicyclic) bond motifs is 6. The van der Waals surface area contributed by atoms with Crippen molar-refractivity contribution in [3.05, 3.63) is 198 Å². The van der Waals surface area contributed by atoms with E-state index in [-0.39, 0.29) is 5.41 Å². The monoisotopic (exact) mass is 713 g/mol. The summed E-state index contributed by atoms with van der Waals surface area (Å²) in [5.74, 6) is 0. The highest BCUT2D eigenvalue weighted by Gasteiger charge is 2.36. The van der Waals surface area contributed by atoms with Gasteiger partial charge in [0.1, 0.15) is 11.2 Å². The van der Waals surface area contributed by atoms with Crippen LogP contribution in [0.1, 0.15) is 25.0 Å². The number of furan rings is 1. The van der Waals surface area contributed by atoms with Crippen molar-refractivity contribution in [1.82, 2.24) is 0 Å². The van der Waals surface area contributed by atoms with Gasteiger partial charge in [0.05, 0.1) is 0 Å². The Labute approximate surface area is 320 Å². The van der Waals surface area contributed by atoms with Gasteiger partial charge in [-0.2, -0.15) is 0 Å². The second kappa shape index (κ2) is 12.7. The second-order valence-electron chi connectivity index (χ2n) is 14.7. The first-order valence-electron chi connectivity index (χ1n) is 18.4. The summed E-state index contributed by atoms with van der Waals surface area (Å²) in [5, 5.41) is 2.96. The van der Waals surface area contributed by atoms with Crippen molar-refractivity contribution in [3.63, 3.8) is 0 Å². The Bertz CT molecular complexity index is 2830. The summed E-state index contributed by atoms with van der Waals surface area (Å²) < 4.78 is 6.58. The Morgan fingerprint density at radius 1 is 0.407 bits per heavy atom. The van der Waals surface area contributed by atoms with E-state index in [1.807, 2.05) is 6.07 Å². The fourth-order valence-electron chi connectivity index (χ4n) is 8.33. The van der Waals surface area contributed by atoms with Crippen LogP contribution < -0.4 is 4.90 Å². The standard InChI is InChI=1S/C51H36ClNO/c1-51(2)46-16-10-9-15-41(46)45-32-48(52)44(31-47(45)51)36-19-24-39(25-20-36)53(38-22-17-35(18-23-38)33-11-5-3-6-12-33)40-26-28-43-42-27-21-37(34-13-7-4-8-14-34)29-49(42)54-50(43)30-40/h3-32H,1-2H3. The quantitative estimate of drug-likeness (QED) is 0.171. The molecule has 9 aromatic rings. The smallest absolute Gasteiger partial charge is 0.137 e. The third-order valence-electron chi connectivity index (χ3n) is 11.2. The van der Waals surface area contributed by atoms with Crippen LogP contribution in [0.5, 0.6) is 0 Å². The molecule has 0 bridgehead atoms. The number of rotatable bonds is 6. The lowest BCUT2D eigenvalue weighted by atomic mass is 9.81. The minimum atomic E-state index is -0.105. The van der Waals surface area contributed by atoms with Gasteiger partial charge in [0.25, 0.3) is 0 Å². The molecule has 0 fully saturated rings. The molecule has 2 nitrogen and oxygen atoms in total. The normalized spacial score (nSPS) is 12.9. The van der Waals surface area contributed by atoms with Crippen molar-refractivity contribution in [2.24, 2.45) is 0 Å². The third-order valence-corrected chi connectivity index (χ3v) is 11.5. The maximum Gasteiger partial charge on any atom is 0.137 e. The Hall–Kier alpha value is -6.35. The van der Waals surface area contributed by atoms with Crippen LogP contribution >= 0.6 is 11.6 Å². The molecular weight excluding hydrogens is 678 g/mol. The van der Waals surface area contributed by atoms with Crippen LogP contribution in [0.4, 0.5) is 17.1 Å². The van der Waals surface area contributed by atoms with E-state index in [1.54, 1.807) is 0 Å². The minimum absolute atomic E-state index is 0.105. The molecule has 1 heterocycles. The number of benzene rings is 8. The van der Waals surface area contributed by atoms with Gasteiger partial charge in [-0.05, 0) is 111 Å².